The Bertz CT molecular complexity index is 732. The van der Waals surface area contributed by atoms with Crippen LogP contribution in [0.4, 0.5) is 0 Å². The molecule has 2 aliphatic heterocycles. The predicted octanol–water partition coefficient (Wildman–Crippen LogP) is 2.44. The zero-order valence-electron chi connectivity index (χ0n) is 16.3. The van der Waals surface area contributed by atoms with Gasteiger partial charge in [-0.1, -0.05) is 40.0 Å². The number of β-lactam (4-membered cyclic amide) rings is 1. The lowest BCUT2D eigenvalue weighted by Crippen LogP contribution is -2.70. The lowest BCUT2D eigenvalue weighted by molar-refractivity contribution is -0.161. The van der Waals surface area contributed by atoms with Gasteiger partial charge in [0.1, 0.15) is 17.5 Å². The topological polar surface area (TPSA) is 130 Å². The molecule has 3 aliphatic rings. The molecule has 0 bridgehead atoms. The van der Waals surface area contributed by atoms with Crippen LogP contribution in [0.1, 0.15) is 61.3 Å². The smallest absolute Gasteiger partial charge is 0.327 e. The maximum Gasteiger partial charge on any atom is 0.327 e. The van der Waals surface area contributed by atoms with Crippen LogP contribution in [0, 0.1) is 0 Å². The number of thioether (sulfide) groups is 1. The van der Waals surface area contributed by atoms with Crippen molar-refractivity contribution in [2.45, 2.75) is 83.5 Å². The molecule has 0 aromatic heterocycles. The number of hydrogen-bond acceptors (Lipinski definition) is 5. The van der Waals surface area contributed by atoms with Crippen molar-refractivity contribution >= 4 is 35.5 Å². The van der Waals surface area contributed by atoms with Crippen molar-refractivity contribution in [3.05, 3.63) is 23.8 Å². The molecule has 170 valence electrons. The van der Waals surface area contributed by atoms with E-state index in [2.05, 4.69) is 11.1 Å². The van der Waals surface area contributed by atoms with Gasteiger partial charge in [-0.15, -0.1) is 11.8 Å². The summed E-state index contributed by atoms with van der Waals surface area (Å²) in [4.78, 5) is 46.8. The largest absolute Gasteiger partial charge is 0.480 e. The Labute approximate surface area is 183 Å². The molecule has 3 rings (SSSR count). The van der Waals surface area contributed by atoms with E-state index in [0.29, 0.717) is 6.42 Å². The molecule has 0 aromatic rings. The van der Waals surface area contributed by atoms with Crippen LogP contribution in [0.15, 0.2) is 23.8 Å². The number of hydrogen-bond donors (Lipinski definition) is 3. The summed E-state index contributed by atoms with van der Waals surface area (Å²) in [5, 5.41) is 11.8. The number of primary amides is 1. The third-order valence-electron chi connectivity index (χ3n) is 4.78. The Morgan fingerprint density at radius 3 is 2.37 bits per heavy atom. The second-order valence-electron chi connectivity index (χ2n) is 7.40. The van der Waals surface area contributed by atoms with Gasteiger partial charge in [-0.05, 0) is 32.3 Å². The number of nitrogens with zero attached hydrogens (tertiary/aromatic N) is 1. The molecule has 4 N–H and O–H groups in total. The van der Waals surface area contributed by atoms with Crippen molar-refractivity contribution in [2.24, 2.45) is 5.73 Å². The molecule has 0 radical (unpaired) electrons. The summed E-state index contributed by atoms with van der Waals surface area (Å²) in [5.41, 5.74) is 5.61. The molecule has 1 aliphatic carbocycles. The number of allylic oxidation sites excluding steroid dienone is 3. The number of fused-ring (bicyclic) bond motifs is 1. The van der Waals surface area contributed by atoms with Crippen molar-refractivity contribution in [3.63, 3.8) is 0 Å². The molecule has 2 fully saturated rings. The molecule has 9 heteroatoms. The van der Waals surface area contributed by atoms with E-state index in [-0.39, 0.29) is 44.4 Å². The normalized spacial score (nSPS) is 25.2. The first kappa shape index (κ1) is 27.7. The third-order valence-corrected chi connectivity index (χ3v) is 6.35. The molecule has 2 unspecified atom stereocenters. The van der Waals surface area contributed by atoms with Gasteiger partial charge in [-0.3, -0.25) is 14.4 Å². The highest BCUT2D eigenvalue weighted by Gasteiger charge is 2.64. The summed E-state index contributed by atoms with van der Waals surface area (Å²) in [7, 11) is 0. The number of rotatable bonds is 5. The van der Waals surface area contributed by atoms with E-state index in [9.17, 15) is 24.3 Å². The highest BCUT2D eigenvalue weighted by Crippen LogP contribution is 2.50. The number of amides is 3. The van der Waals surface area contributed by atoms with E-state index < -0.39 is 22.8 Å². The fraction of sp³-hybridized carbons (Fsp3) is 0.619. The first-order valence-corrected chi connectivity index (χ1v) is 10.1. The van der Waals surface area contributed by atoms with Gasteiger partial charge in [0.15, 0.2) is 0 Å². The Morgan fingerprint density at radius 1 is 1.30 bits per heavy atom. The van der Waals surface area contributed by atoms with Gasteiger partial charge in [0.05, 0.1) is 6.42 Å². The van der Waals surface area contributed by atoms with Crippen LogP contribution in [0.3, 0.4) is 0 Å². The average molecular weight is 442 g/mol. The summed E-state index contributed by atoms with van der Waals surface area (Å²) in [6, 6.07) is -1.47. The number of carbonyl (C=O) groups excluding carboxylic acids is 3. The number of carboxylic acid groups (broad SMARTS) is 1. The summed E-state index contributed by atoms with van der Waals surface area (Å²) < 4.78 is -0.569. The first-order chi connectivity index (χ1) is 13.1. The molecule has 8 nitrogen and oxygen atoms in total. The maximum atomic E-state index is 12.3. The molecule has 30 heavy (non-hydrogen) atoms. The van der Waals surface area contributed by atoms with Crippen LogP contribution in [0.25, 0.3) is 0 Å². The Hall–Kier alpha value is -2.29. The number of carbonyl (C=O) groups is 4. The van der Waals surface area contributed by atoms with Gasteiger partial charge < -0.3 is 21.1 Å². The maximum absolute atomic E-state index is 12.3. The van der Waals surface area contributed by atoms with Gasteiger partial charge in [0, 0.05) is 11.2 Å². The summed E-state index contributed by atoms with van der Waals surface area (Å²) in [5.74, 6) is -1.74. The van der Waals surface area contributed by atoms with Gasteiger partial charge >= 0.3 is 5.97 Å². The van der Waals surface area contributed by atoms with Crippen molar-refractivity contribution in [3.8, 4) is 0 Å². The average Bonchev–Trinajstić information content (AvgIpc) is 2.89. The Balaban J connectivity index is 0.00000108. The molecule has 0 aromatic carbocycles. The Kier molecular flexibility index (Phi) is 10.3. The second kappa shape index (κ2) is 11.2. The molecular weight excluding hydrogens is 406 g/mol. The number of nitrogens with two attached hydrogens (primary N) is 1. The zero-order chi connectivity index (χ0) is 21.1. The van der Waals surface area contributed by atoms with Gasteiger partial charge in [-0.25, -0.2) is 4.79 Å². The highest BCUT2D eigenvalue weighted by molar-refractivity contribution is 8.01. The standard InChI is InChI=1S/C16H20N2O4S.C3H7NO.2CH4/c1-16(2)12(15(21)22)18-13(20)11(14(18)23-16)17-10(19)8-9-6-4-3-5-7-9;1-2-3(4)5;;/h4,6-7,11-12,14H,3,5,8H2,1-2H3,(H,17,19)(H,21,22);2H2,1H3,(H2,4,5);2*1H4/t11?,12-,14?;;;/m1.../s1. The van der Waals surface area contributed by atoms with Crippen LogP contribution in [0.2, 0.25) is 0 Å². The minimum atomic E-state index is -0.999. The van der Waals surface area contributed by atoms with Crippen molar-refractivity contribution in [2.75, 3.05) is 0 Å². The molecule has 3 amide bonds. The van der Waals surface area contributed by atoms with E-state index in [0.717, 1.165) is 18.4 Å². The highest BCUT2D eigenvalue weighted by atomic mass is 32.2. The SMILES string of the molecule is C.C.CC1(C)SC2C(NC(=O)CC3=CCCC=C3)C(=O)N2[C@@H]1C(=O)O.CCC(N)=O. The van der Waals surface area contributed by atoms with E-state index >= 15 is 0 Å². The predicted molar refractivity (Wildman–Crippen MR) is 120 cm³/mol. The van der Waals surface area contributed by atoms with E-state index in [1.165, 1.54) is 16.7 Å². The number of carboxylic acids is 1. The fourth-order valence-corrected chi connectivity index (χ4v) is 4.98. The van der Waals surface area contributed by atoms with Gasteiger partial charge in [0.25, 0.3) is 0 Å². The van der Waals surface area contributed by atoms with Gasteiger partial charge in [0.2, 0.25) is 17.7 Å². The fourth-order valence-electron chi connectivity index (χ4n) is 3.35. The third kappa shape index (κ3) is 6.10. The lowest BCUT2D eigenvalue weighted by Gasteiger charge is -2.43. The van der Waals surface area contributed by atoms with Gasteiger partial charge in [-0.2, -0.15) is 0 Å². The van der Waals surface area contributed by atoms with Crippen LogP contribution < -0.4 is 11.1 Å². The first-order valence-electron chi connectivity index (χ1n) is 9.24. The molecule has 2 heterocycles. The Morgan fingerprint density at radius 2 is 1.90 bits per heavy atom. The van der Waals surface area contributed by atoms with Crippen LogP contribution >= 0.6 is 11.8 Å². The molecule has 2 saturated heterocycles. The van der Waals surface area contributed by atoms with Crippen LogP contribution in [-0.2, 0) is 19.2 Å². The van der Waals surface area contributed by atoms with Crippen molar-refractivity contribution in [1.29, 1.82) is 0 Å². The van der Waals surface area contributed by atoms with Crippen LogP contribution in [0.5, 0.6) is 0 Å². The molecule has 0 spiro atoms. The molecule has 3 atom stereocenters. The number of nitrogens with one attached hydrogen (secondary N) is 1. The molecule has 0 saturated carbocycles. The molecular formula is C21H35N3O5S. The monoisotopic (exact) mass is 441 g/mol. The summed E-state index contributed by atoms with van der Waals surface area (Å²) in [6.07, 6.45) is 8.62. The van der Waals surface area contributed by atoms with E-state index in [4.69, 9.17) is 0 Å². The zero-order valence-corrected chi connectivity index (χ0v) is 17.1. The van der Waals surface area contributed by atoms with E-state index in [1.807, 2.05) is 32.1 Å². The van der Waals surface area contributed by atoms with E-state index in [1.54, 1.807) is 6.92 Å². The summed E-state index contributed by atoms with van der Waals surface area (Å²) >= 11 is 1.43. The minimum absolute atomic E-state index is 0. The number of aliphatic carboxylic acids is 1. The van der Waals surface area contributed by atoms with Crippen molar-refractivity contribution < 1.29 is 24.3 Å². The quantitative estimate of drug-likeness (QED) is 0.562. The minimum Gasteiger partial charge on any atom is -0.480 e. The lowest BCUT2D eigenvalue weighted by atomic mass is 9.96. The van der Waals surface area contributed by atoms with Crippen LogP contribution in [-0.4, -0.2) is 55.9 Å². The second-order valence-corrected chi connectivity index (χ2v) is 9.17. The van der Waals surface area contributed by atoms with Crippen molar-refractivity contribution in [1.82, 2.24) is 10.2 Å². The summed E-state index contributed by atoms with van der Waals surface area (Å²) in [6.45, 7) is 5.36.